The SMILES string of the molecule is CC1(c2ccc(NC(=O)Nc3cccc(C(F)(F)F)c3)c(F)c2)C=C(CN2CCNC(=O)C2)N2N=CN=C(N)C21. The van der Waals surface area contributed by atoms with Crippen LogP contribution in [-0.2, 0) is 16.4 Å². The first kappa shape index (κ1) is 27.1. The predicted molar refractivity (Wildman–Crippen MR) is 141 cm³/mol. The topological polar surface area (TPSA) is 127 Å². The molecule has 40 heavy (non-hydrogen) atoms. The summed E-state index contributed by atoms with van der Waals surface area (Å²) in [6.07, 6.45) is -1.31. The zero-order valence-electron chi connectivity index (χ0n) is 21.3. The normalized spacial score (nSPS) is 22.8. The molecule has 2 atom stereocenters. The lowest BCUT2D eigenvalue weighted by atomic mass is 9.76. The van der Waals surface area contributed by atoms with Crippen molar-refractivity contribution >= 4 is 35.5 Å². The fraction of sp³-hybridized carbons (Fsp3) is 0.308. The molecule has 0 bridgehead atoms. The number of fused-ring (bicyclic) bond motifs is 1. The van der Waals surface area contributed by atoms with Gasteiger partial charge < -0.3 is 21.7 Å². The van der Waals surface area contributed by atoms with Crippen molar-refractivity contribution in [1.29, 1.82) is 0 Å². The molecule has 0 spiro atoms. The zero-order chi connectivity index (χ0) is 28.7. The molecule has 10 nitrogen and oxygen atoms in total. The van der Waals surface area contributed by atoms with Crippen molar-refractivity contribution in [3.8, 4) is 0 Å². The average molecular weight is 559 g/mol. The van der Waals surface area contributed by atoms with E-state index < -0.39 is 35.0 Å². The molecule has 5 rings (SSSR count). The van der Waals surface area contributed by atoms with Gasteiger partial charge in [-0.2, -0.15) is 18.3 Å². The number of carbonyl (C=O) groups excluding carboxylic acids is 2. The van der Waals surface area contributed by atoms with Crippen LogP contribution in [0, 0.1) is 5.82 Å². The van der Waals surface area contributed by atoms with Crippen LogP contribution in [-0.4, -0.2) is 66.2 Å². The van der Waals surface area contributed by atoms with Crippen LogP contribution < -0.4 is 21.7 Å². The van der Waals surface area contributed by atoms with Crippen molar-refractivity contribution in [2.24, 2.45) is 15.8 Å². The molecule has 3 heterocycles. The van der Waals surface area contributed by atoms with Crippen LogP contribution in [0.15, 0.2) is 64.3 Å². The van der Waals surface area contributed by atoms with Gasteiger partial charge in [0.1, 0.15) is 24.0 Å². The van der Waals surface area contributed by atoms with E-state index in [2.05, 4.69) is 26.0 Å². The van der Waals surface area contributed by atoms with Crippen molar-refractivity contribution in [3.63, 3.8) is 0 Å². The number of hydrazone groups is 1. The van der Waals surface area contributed by atoms with E-state index >= 15 is 4.39 Å². The smallest absolute Gasteiger partial charge is 0.385 e. The number of hydrogen-bond acceptors (Lipinski definition) is 7. The van der Waals surface area contributed by atoms with E-state index in [0.717, 1.165) is 23.9 Å². The van der Waals surface area contributed by atoms with Gasteiger partial charge in [-0.25, -0.2) is 14.2 Å². The van der Waals surface area contributed by atoms with Crippen LogP contribution in [0.25, 0.3) is 0 Å². The molecule has 210 valence electrons. The molecule has 3 aliphatic heterocycles. The molecule has 3 aliphatic rings. The highest BCUT2D eigenvalue weighted by Gasteiger charge is 2.48. The monoisotopic (exact) mass is 558 g/mol. The van der Waals surface area contributed by atoms with Crippen LogP contribution >= 0.6 is 0 Å². The molecule has 2 aromatic rings. The van der Waals surface area contributed by atoms with Gasteiger partial charge in [0, 0.05) is 36.4 Å². The van der Waals surface area contributed by atoms with Crippen molar-refractivity contribution in [1.82, 2.24) is 15.2 Å². The third-order valence-electron chi connectivity index (χ3n) is 7.03. The number of anilines is 2. The Bertz CT molecular complexity index is 1440. The molecule has 2 aromatic carbocycles. The van der Waals surface area contributed by atoms with Crippen LogP contribution in [0.4, 0.5) is 33.7 Å². The number of amidine groups is 1. The van der Waals surface area contributed by atoms with Gasteiger partial charge in [0.2, 0.25) is 5.91 Å². The van der Waals surface area contributed by atoms with Gasteiger partial charge in [-0.15, -0.1) is 0 Å². The Kier molecular flexibility index (Phi) is 6.96. The molecule has 5 N–H and O–H groups in total. The maximum Gasteiger partial charge on any atom is 0.416 e. The standard InChI is InChI=1S/C26H26F4N8O2/c1-25(11-18(12-37-8-7-32-21(39)13-37)38-22(25)23(31)33-14-34-38)15-5-6-20(19(27)10-15)36-24(40)35-17-4-2-3-16(9-17)26(28,29)30/h2-6,9-11,14,22H,7-8,12-13H2,1H3,(H,32,39)(H2,31,33,34)(H2,35,36,40). The molecule has 0 radical (unpaired) electrons. The summed E-state index contributed by atoms with van der Waals surface area (Å²) < 4.78 is 54.1. The Morgan fingerprint density at radius 2 is 2.02 bits per heavy atom. The van der Waals surface area contributed by atoms with Crippen LogP contribution in [0.2, 0.25) is 0 Å². The van der Waals surface area contributed by atoms with Crippen molar-refractivity contribution < 1.29 is 27.2 Å². The maximum atomic E-state index is 15.3. The van der Waals surface area contributed by atoms with Gasteiger partial charge in [-0.1, -0.05) is 12.1 Å². The first-order chi connectivity index (χ1) is 18.9. The number of nitrogens with zero attached hydrogens (tertiary/aromatic N) is 4. The lowest BCUT2D eigenvalue weighted by Gasteiger charge is -2.36. The van der Waals surface area contributed by atoms with Crippen LogP contribution in [0.1, 0.15) is 18.1 Å². The van der Waals surface area contributed by atoms with E-state index in [-0.39, 0.29) is 29.7 Å². The number of nitrogens with one attached hydrogen (secondary N) is 3. The highest BCUT2D eigenvalue weighted by atomic mass is 19.4. The van der Waals surface area contributed by atoms with Crippen molar-refractivity contribution in [3.05, 3.63) is 71.2 Å². The number of amides is 3. The quantitative estimate of drug-likeness (QED) is 0.420. The molecular formula is C26H26F4N8O2. The zero-order valence-corrected chi connectivity index (χ0v) is 21.3. The Morgan fingerprint density at radius 1 is 1.23 bits per heavy atom. The van der Waals surface area contributed by atoms with Gasteiger partial charge in [-0.3, -0.25) is 14.7 Å². The minimum atomic E-state index is -4.57. The molecule has 1 fully saturated rings. The molecule has 2 unspecified atom stereocenters. The number of hydrogen-bond donors (Lipinski definition) is 4. The van der Waals surface area contributed by atoms with Crippen LogP contribution in [0.5, 0.6) is 0 Å². The first-order valence-corrected chi connectivity index (χ1v) is 12.3. The number of alkyl halides is 3. The summed E-state index contributed by atoms with van der Waals surface area (Å²) in [7, 11) is 0. The van der Waals surface area contributed by atoms with E-state index in [4.69, 9.17) is 5.73 Å². The second-order valence-electron chi connectivity index (χ2n) is 9.86. The molecule has 3 amide bonds. The highest BCUT2D eigenvalue weighted by Crippen LogP contribution is 2.43. The molecule has 0 saturated carbocycles. The van der Waals surface area contributed by atoms with E-state index in [1.54, 1.807) is 11.1 Å². The maximum absolute atomic E-state index is 15.3. The Balaban J connectivity index is 1.36. The number of urea groups is 1. The number of rotatable bonds is 5. The highest BCUT2D eigenvalue weighted by molar-refractivity contribution is 6.00. The summed E-state index contributed by atoms with van der Waals surface area (Å²) in [5.41, 5.74) is 5.53. The number of aliphatic imine (C=N–C) groups is 1. The number of piperazine rings is 1. The number of nitrogens with two attached hydrogens (primary N) is 1. The Hall–Kier alpha value is -4.46. The summed E-state index contributed by atoms with van der Waals surface area (Å²) in [4.78, 5) is 30.4. The fourth-order valence-corrected chi connectivity index (χ4v) is 5.13. The molecular weight excluding hydrogens is 532 g/mol. The largest absolute Gasteiger partial charge is 0.416 e. The van der Waals surface area contributed by atoms with E-state index in [9.17, 15) is 22.8 Å². The number of carbonyl (C=O) groups is 2. The average Bonchev–Trinajstić information content (AvgIpc) is 3.18. The minimum Gasteiger partial charge on any atom is -0.385 e. The minimum absolute atomic E-state index is 0.0744. The van der Waals surface area contributed by atoms with E-state index in [0.29, 0.717) is 25.2 Å². The lowest BCUT2D eigenvalue weighted by Crippen LogP contribution is -2.52. The summed E-state index contributed by atoms with van der Waals surface area (Å²) >= 11 is 0. The summed E-state index contributed by atoms with van der Waals surface area (Å²) in [6.45, 7) is 3.70. The van der Waals surface area contributed by atoms with Gasteiger partial charge in [0.05, 0.1) is 17.8 Å². The van der Waals surface area contributed by atoms with E-state index in [1.807, 2.05) is 17.9 Å². The molecule has 14 heteroatoms. The second-order valence-corrected chi connectivity index (χ2v) is 9.86. The van der Waals surface area contributed by atoms with Crippen molar-refractivity contribution in [2.75, 3.05) is 36.8 Å². The number of benzene rings is 2. The molecule has 1 saturated heterocycles. The van der Waals surface area contributed by atoms with Crippen molar-refractivity contribution in [2.45, 2.75) is 24.6 Å². The summed E-state index contributed by atoms with van der Waals surface area (Å²) in [6, 6.07) is 6.91. The fourth-order valence-electron chi connectivity index (χ4n) is 5.13. The second kappa shape index (κ2) is 10.3. The lowest BCUT2D eigenvalue weighted by molar-refractivity contribution is -0.137. The molecule has 0 aromatic heterocycles. The Morgan fingerprint density at radius 3 is 2.75 bits per heavy atom. The third-order valence-corrected chi connectivity index (χ3v) is 7.03. The van der Waals surface area contributed by atoms with Gasteiger partial charge >= 0.3 is 12.2 Å². The Labute approximate surface area is 226 Å². The van der Waals surface area contributed by atoms with Gasteiger partial charge in [0.25, 0.3) is 0 Å². The van der Waals surface area contributed by atoms with E-state index in [1.165, 1.54) is 24.5 Å². The number of halogens is 4. The van der Waals surface area contributed by atoms with Gasteiger partial charge in [-0.05, 0) is 48.9 Å². The van der Waals surface area contributed by atoms with Crippen LogP contribution in [0.3, 0.4) is 0 Å². The summed E-state index contributed by atoms with van der Waals surface area (Å²) in [5, 5.41) is 13.5. The first-order valence-electron chi connectivity index (χ1n) is 12.3. The molecule has 0 aliphatic carbocycles. The van der Waals surface area contributed by atoms with Gasteiger partial charge in [0.15, 0.2) is 0 Å². The summed E-state index contributed by atoms with van der Waals surface area (Å²) in [5.74, 6) is -0.549. The predicted octanol–water partition coefficient (Wildman–Crippen LogP) is 3.06. The third kappa shape index (κ3) is 5.34.